The second kappa shape index (κ2) is 10.9. The summed E-state index contributed by atoms with van der Waals surface area (Å²) in [5, 5.41) is 0. The van der Waals surface area contributed by atoms with E-state index in [1.165, 1.54) is 0 Å². The number of hydrogen-bond donors (Lipinski definition) is 2. The van der Waals surface area contributed by atoms with Crippen LogP contribution in [-0.4, -0.2) is 44.6 Å². The van der Waals surface area contributed by atoms with E-state index in [-0.39, 0.29) is 6.16 Å². The molecule has 0 radical (unpaired) electrons. The third-order valence-electron chi connectivity index (χ3n) is 2.51. The lowest BCUT2D eigenvalue weighted by molar-refractivity contribution is 0.0591. The van der Waals surface area contributed by atoms with Crippen molar-refractivity contribution >= 4 is 16.4 Å². The highest BCUT2D eigenvalue weighted by atomic mass is 31.2. The van der Waals surface area contributed by atoms with Crippen molar-refractivity contribution in [1.82, 2.24) is 0 Å². The molecule has 0 unspecified atom stereocenters. The molecule has 0 aromatic carbocycles. The van der Waals surface area contributed by atoms with E-state index >= 15 is 0 Å². The molecular weight excluding hydrogens is 299 g/mol. The highest BCUT2D eigenvalue weighted by Crippen LogP contribution is 2.36. The Hall–Kier alpha value is 0.247. The third-order valence-corrected chi connectivity index (χ3v) is 6.31. The Morgan fingerprint density at radius 3 is 1.60 bits per heavy atom. The van der Waals surface area contributed by atoms with Crippen molar-refractivity contribution in [2.24, 2.45) is 0 Å². The van der Waals surface area contributed by atoms with Gasteiger partial charge >= 0.3 is 16.4 Å². The highest BCUT2D eigenvalue weighted by Gasteiger charge is 2.40. The maximum atomic E-state index is 10.9. The molecule has 0 atom stereocenters. The first-order chi connectivity index (χ1) is 9.39. The second-order valence-corrected chi connectivity index (χ2v) is 9.23. The molecule has 0 aliphatic rings. The van der Waals surface area contributed by atoms with Crippen LogP contribution < -0.4 is 0 Å². The van der Waals surface area contributed by atoms with Crippen LogP contribution in [-0.2, 0) is 17.8 Å². The van der Waals surface area contributed by atoms with E-state index in [0.717, 1.165) is 19.3 Å². The Labute approximate surface area is 123 Å². The van der Waals surface area contributed by atoms with Gasteiger partial charge < -0.3 is 23.1 Å². The third kappa shape index (κ3) is 10.0. The number of rotatable bonds is 13. The van der Waals surface area contributed by atoms with Crippen molar-refractivity contribution in [3.05, 3.63) is 0 Å². The van der Waals surface area contributed by atoms with Gasteiger partial charge in [-0.2, -0.15) is 0 Å². The van der Waals surface area contributed by atoms with E-state index in [4.69, 9.17) is 23.1 Å². The summed E-state index contributed by atoms with van der Waals surface area (Å²) in [5.74, 6) is 0. The zero-order chi connectivity index (χ0) is 15.5. The van der Waals surface area contributed by atoms with Crippen molar-refractivity contribution in [1.29, 1.82) is 0 Å². The van der Waals surface area contributed by atoms with Crippen molar-refractivity contribution in [2.45, 2.75) is 52.5 Å². The van der Waals surface area contributed by atoms with Crippen LogP contribution >= 0.6 is 7.60 Å². The Morgan fingerprint density at radius 1 is 0.900 bits per heavy atom. The molecule has 0 rings (SSSR count). The highest BCUT2D eigenvalue weighted by molar-refractivity contribution is 7.51. The molecule has 2 N–H and O–H groups in total. The lowest BCUT2D eigenvalue weighted by Gasteiger charge is -2.29. The topological polar surface area (TPSA) is 85.2 Å². The normalized spacial score (nSPS) is 12.8. The maximum Gasteiger partial charge on any atom is 0.500 e. The van der Waals surface area contributed by atoms with Gasteiger partial charge in [0.05, 0.1) is 0 Å². The zero-order valence-electron chi connectivity index (χ0n) is 12.8. The van der Waals surface area contributed by atoms with Crippen LogP contribution in [0.1, 0.15) is 46.5 Å². The molecule has 122 valence electrons. The van der Waals surface area contributed by atoms with Crippen LogP contribution in [0.25, 0.3) is 0 Å². The van der Waals surface area contributed by atoms with Crippen LogP contribution in [0.5, 0.6) is 0 Å². The van der Waals surface area contributed by atoms with E-state index in [1.54, 1.807) is 0 Å². The van der Waals surface area contributed by atoms with Crippen LogP contribution in [0.15, 0.2) is 0 Å². The predicted octanol–water partition coefficient (Wildman–Crippen LogP) is 2.77. The first-order valence-corrected chi connectivity index (χ1v) is 11.1. The van der Waals surface area contributed by atoms with Gasteiger partial charge in [0.15, 0.2) is 0 Å². The monoisotopic (exact) mass is 328 g/mol. The van der Waals surface area contributed by atoms with Gasteiger partial charge in [0.25, 0.3) is 0 Å². The summed E-state index contributed by atoms with van der Waals surface area (Å²) < 4.78 is 28.5. The lowest BCUT2D eigenvalue weighted by Crippen LogP contribution is -2.46. The molecular formula is C12H29O6PSi. The molecule has 0 aliphatic carbocycles. The smallest absolute Gasteiger partial charge is 0.373 e. The van der Waals surface area contributed by atoms with Crippen molar-refractivity contribution in [2.75, 3.05) is 26.0 Å². The fourth-order valence-electron chi connectivity index (χ4n) is 1.62. The van der Waals surface area contributed by atoms with Crippen molar-refractivity contribution in [3.8, 4) is 0 Å². The van der Waals surface area contributed by atoms with Gasteiger partial charge in [-0.05, 0) is 25.7 Å². The van der Waals surface area contributed by atoms with E-state index in [0.29, 0.717) is 32.3 Å². The summed E-state index contributed by atoms with van der Waals surface area (Å²) in [4.78, 5) is 17.9. The summed E-state index contributed by atoms with van der Waals surface area (Å²) >= 11 is 0. The standard InChI is InChI=1S/C12H29O6PSi/c1-4-8-16-20(17-9-5-2,18-10-6-3)12-7-11-19(13,14)15/h4-12H2,1-3H3,(H2,13,14,15). The van der Waals surface area contributed by atoms with Crippen molar-refractivity contribution < 1.29 is 27.6 Å². The zero-order valence-corrected chi connectivity index (χ0v) is 14.7. The summed E-state index contributed by atoms with van der Waals surface area (Å²) in [6.07, 6.45) is 2.78. The minimum atomic E-state index is -3.97. The summed E-state index contributed by atoms with van der Waals surface area (Å²) in [7, 11) is -6.78. The molecule has 0 aromatic heterocycles. The molecule has 20 heavy (non-hydrogen) atoms. The molecule has 0 saturated heterocycles. The molecule has 0 saturated carbocycles. The van der Waals surface area contributed by atoms with Crippen LogP contribution in [0, 0.1) is 0 Å². The van der Waals surface area contributed by atoms with Gasteiger partial charge in [-0.25, -0.2) is 0 Å². The van der Waals surface area contributed by atoms with Gasteiger partial charge in [0.2, 0.25) is 0 Å². The largest absolute Gasteiger partial charge is 0.500 e. The fourth-order valence-corrected chi connectivity index (χ4v) is 5.32. The minimum absolute atomic E-state index is 0.151. The summed E-state index contributed by atoms with van der Waals surface area (Å²) in [5.41, 5.74) is 0. The molecule has 0 amide bonds. The fraction of sp³-hybridized carbons (Fsp3) is 1.00. The molecule has 6 nitrogen and oxygen atoms in total. The van der Waals surface area contributed by atoms with Gasteiger partial charge in [0.1, 0.15) is 0 Å². The summed E-state index contributed by atoms with van der Waals surface area (Å²) in [6.45, 7) is 7.68. The van der Waals surface area contributed by atoms with Gasteiger partial charge in [-0.15, -0.1) is 0 Å². The van der Waals surface area contributed by atoms with Gasteiger partial charge in [-0.1, -0.05) is 20.8 Å². The molecule has 0 aromatic rings. The Bertz CT molecular complexity index is 261. The van der Waals surface area contributed by atoms with E-state index < -0.39 is 16.4 Å². The SMILES string of the molecule is CCCO[Si](CCCP(=O)(O)O)(OCCC)OCCC. The molecule has 0 fully saturated rings. The van der Waals surface area contributed by atoms with Crippen LogP contribution in [0.4, 0.5) is 0 Å². The van der Waals surface area contributed by atoms with E-state index in [9.17, 15) is 4.57 Å². The molecule has 8 heteroatoms. The first-order valence-electron chi connectivity index (χ1n) is 7.35. The average Bonchev–Trinajstić information content (AvgIpc) is 2.38. The quantitative estimate of drug-likeness (QED) is 0.399. The van der Waals surface area contributed by atoms with Crippen LogP contribution in [0.3, 0.4) is 0 Å². The van der Waals surface area contributed by atoms with E-state index in [2.05, 4.69) is 0 Å². The van der Waals surface area contributed by atoms with Gasteiger partial charge in [0, 0.05) is 32.0 Å². The predicted molar refractivity (Wildman–Crippen MR) is 80.8 cm³/mol. The molecule has 0 heterocycles. The maximum absolute atomic E-state index is 10.9. The minimum Gasteiger partial charge on any atom is -0.373 e. The van der Waals surface area contributed by atoms with Gasteiger partial charge in [-0.3, -0.25) is 4.57 Å². The first kappa shape index (κ1) is 20.2. The lowest BCUT2D eigenvalue weighted by atomic mass is 10.5. The van der Waals surface area contributed by atoms with Crippen LogP contribution in [0.2, 0.25) is 6.04 Å². The number of hydrogen-bond acceptors (Lipinski definition) is 4. The molecule has 0 spiro atoms. The van der Waals surface area contributed by atoms with E-state index in [1.807, 2.05) is 20.8 Å². The second-order valence-electron chi connectivity index (χ2n) is 4.72. The average molecular weight is 328 g/mol. The Kier molecular flexibility index (Phi) is 11.0. The Balaban J connectivity index is 4.61. The summed E-state index contributed by atoms with van der Waals surface area (Å²) in [6, 6.07) is 0.456. The molecule has 0 bridgehead atoms. The van der Waals surface area contributed by atoms with Crippen molar-refractivity contribution in [3.63, 3.8) is 0 Å². The Morgan fingerprint density at radius 2 is 1.30 bits per heavy atom. The molecule has 0 aliphatic heterocycles.